The number of amides is 4. The Bertz CT molecular complexity index is 1450. The molecule has 3 heterocycles. The van der Waals surface area contributed by atoms with Crippen LogP contribution in [0.1, 0.15) is 54.4 Å². The lowest BCUT2D eigenvalue weighted by Gasteiger charge is -2.46. The number of piperazine rings is 2. The summed E-state index contributed by atoms with van der Waals surface area (Å²) in [6.07, 6.45) is -0.884. The van der Waals surface area contributed by atoms with E-state index in [9.17, 15) is 29.4 Å². The molecule has 3 saturated heterocycles. The number of carboxylic acid groups (broad SMARTS) is 2. The Balaban J connectivity index is 0.000000229. The Morgan fingerprint density at radius 3 is 1.58 bits per heavy atom. The van der Waals surface area contributed by atoms with Crippen LogP contribution in [0, 0.1) is 10.8 Å². The summed E-state index contributed by atoms with van der Waals surface area (Å²) in [5, 5.41) is 24.4. The first kappa shape index (κ1) is 36.2. The molecule has 3 aliphatic rings. The fourth-order valence-corrected chi connectivity index (χ4v) is 6.46. The first-order chi connectivity index (χ1) is 22.4. The minimum absolute atomic E-state index is 0.0219. The molecule has 0 radical (unpaired) electrons. The third-order valence-electron chi connectivity index (χ3n) is 9.32. The van der Waals surface area contributed by atoms with E-state index in [1.807, 2.05) is 48.5 Å². The van der Waals surface area contributed by atoms with Crippen LogP contribution in [0.25, 0.3) is 0 Å². The van der Waals surface area contributed by atoms with Crippen LogP contribution in [0.2, 0.25) is 0 Å². The van der Waals surface area contributed by atoms with Gasteiger partial charge in [-0.1, -0.05) is 41.5 Å². The highest BCUT2D eigenvalue weighted by atomic mass is 16.4. The average molecular weight is 666 g/mol. The first-order valence-corrected chi connectivity index (χ1v) is 16.5. The summed E-state index contributed by atoms with van der Waals surface area (Å²) in [4.78, 5) is 53.6. The Kier molecular flexibility index (Phi) is 11.0. The average Bonchev–Trinajstić information content (AvgIpc) is 3.02. The number of nitrogens with zero attached hydrogens (tertiary/aromatic N) is 4. The summed E-state index contributed by atoms with van der Waals surface area (Å²) in [6.45, 7) is 16.1. The van der Waals surface area contributed by atoms with Crippen molar-refractivity contribution in [2.24, 2.45) is 10.8 Å². The Hall–Kier alpha value is -4.68. The molecule has 48 heavy (non-hydrogen) atoms. The molecule has 6 N–H and O–H groups in total. The number of hydrogen-bond donors (Lipinski definition) is 5. The predicted molar refractivity (Wildman–Crippen MR) is 187 cm³/mol. The monoisotopic (exact) mass is 665 g/mol. The number of rotatable bonds is 4. The molecule has 0 aromatic heterocycles. The second-order valence-corrected chi connectivity index (χ2v) is 14.9. The van der Waals surface area contributed by atoms with Crippen molar-refractivity contribution in [3.63, 3.8) is 0 Å². The first-order valence-electron chi connectivity index (χ1n) is 16.5. The van der Waals surface area contributed by atoms with E-state index in [2.05, 4.69) is 62.0 Å². The van der Waals surface area contributed by atoms with Crippen molar-refractivity contribution in [2.45, 2.75) is 72.5 Å². The van der Waals surface area contributed by atoms with E-state index in [1.165, 1.54) is 4.90 Å². The number of piperidine rings is 1. The number of imide groups is 1. The van der Waals surface area contributed by atoms with Crippen molar-refractivity contribution in [1.82, 2.24) is 15.1 Å². The van der Waals surface area contributed by atoms with Crippen molar-refractivity contribution in [1.29, 1.82) is 0 Å². The van der Waals surface area contributed by atoms with Gasteiger partial charge < -0.3 is 40.9 Å². The molecule has 0 bridgehead atoms. The van der Waals surface area contributed by atoms with E-state index in [0.717, 1.165) is 22.7 Å². The summed E-state index contributed by atoms with van der Waals surface area (Å²) in [5.41, 5.74) is 9.13. The van der Waals surface area contributed by atoms with Crippen LogP contribution in [0.3, 0.4) is 0 Å². The highest BCUT2D eigenvalue weighted by Crippen LogP contribution is 2.32. The van der Waals surface area contributed by atoms with Gasteiger partial charge in [-0.05, 0) is 65.8 Å². The molecular weight excluding hydrogens is 614 g/mol. The van der Waals surface area contributed by atoms with Crippen LogP contribution in [0.5, 0.6) is 0 Å². The van der Waals surface area contributed by atoms with Gasteiger partial charge in [0.25, 0.3) is 0 Å². The SMILES string of the molecule is CC(C)(C)C1CN(c2ccc(N)cc2)CCN1C(=O)O.CC(C)(C)C1CN(c2ccc(NC3CCC(=O)NC3=O)cc2)CCN1C(=O)O. The molecule has 13 heteroatoms. The quantitative estimate of drug-likeness (QED) is 0.230. The van der Waals surface area contributed by atoms with E-state index in [0.29, 0.717) is 52.1 Å². The van der Waals surface area contributed by atoms with Crippen LogP contribution in [-0.2, 0) is 9.59 Å². The molecule has 5 rings (SSSR count). The molecule has 3 atom stereocenters. The van der Waals surface area contributed by atoms with Gasteiger partial charge in [-0.15, -0.1) is 0 Å². The van der Waals surface area contributed by atoms with Gasteiger partial charge >= 0.3 is 12.2 Å². The summed E-state index contributed by atoms with van der Waals surface area (Å²) >= 11 is 0. The fourth-order valence-electron chi connectivity index (χ4n) is 6.46. The van der Waals surface area contributed by atoms with Crippen molar-refractivity contribution in [2.75, 3.05) is 60.1 Å². The van der Waals surface area contributed by atoms with Crippen LogP contribution >= 0.6 is 0 Å². The Labute approximate surface area is 283 Å². The maximum atomic E-state index is 11.9. The Morgan fingerprint density at radius 2 is 1.19 bits per heavy atom. The maximum Gasteiger partial charge on any atom is 0.407 e. The normalized spacial score (nSPS) is 22.0. The van der Waals surface area contributed by atoms with Gasteiger partial charge in [-0.25, -0.2) is 9.59 Å². The van der Waals surface area contributed by atoms with Crippen LogP contribution in [0.4, 0.5) is 32.3 Å². The number of benzene rings is 2. The summed E-state index contributed by atoms with van der Waals surface area (Å²) < 4.78 is 0. The number of carbonyl (C=O) groups is 4. The molecule has 2 aromatic carbocycles. The zero-order valence-corrected chi connectivity index (χ0v) is 28.9. The van der Waals surface area contributed by atoms with E-state index in [4.69, 9.17) is 5.73 Å². The molecule has 0 spiro atoms. The largest absolute Gasteiger partial charge is 0.465 e. The lowest BCUT2D eigenvalue weighted by Crippen LogP contribution is -2.59. The summed E-state index contributed by atoms with van der Waals surface area (Å²) in [6, 6.07) is 15.0. The van der Waals surface area contributed by atoms with Gasteiger partial charge in [0.1, 0.15) is 6.04 Å². The second kappa shape index (κ2) is 14.6. The van der Waals surface area contributed by atoms with Gasteiger partial charge in [0.15, 0.2) is 0 Å². The molecule has 0 saturated carbocycles. The van der Waals surface area contributed by atoms with E-state index < -0.39 is 18.2 Å². The number of anilines is 4. The molecule has 2 aromatic rings. The highest BCUT2D eigenvalue weighted by molar-refractivity contribution is 6.01. The number of nitrogens with one attached hydrogen (secondary N) is 2. The lowest BCUT2D eigenvalue weighted by molar-refractivity contribution is -0.133. The van der Waals surface area contributed by atoms with Crippen LogP contribution < -0.4 is 26.2 Å². The topological polar surface area (TPSA) is 172 Å². The molecule has 3 aliphatic heterocycles. The zero-order chi connectivity index (χ0) is 35.4. The lowest BCUT2D eigenvalue weighted by atomic mass is 9.84. The zero-order valence-electron chi connectivity index (χ0n) is 28.9. The third kappa shape index (κ3) is 9.02. The molecule has 13 nitrogen and oxygen atoms in total. The summed E-state index contributed by atoms with van der Waals surface area (Å²) in [7, 11) is 0. The van der Waals surface area contributed by atoms with Gasteiger partial charge in [-0.3, -0.25) is 14.9 Å². The van der Waals surface area contributed by atoms with Gasteiger partial charge in [0.2, 0.25) is 11.8 Å². The van der Waals surface area contributed by atoms with Crippen molar-refractivity contribution in [3.05, 3.63) is 48.5 Å². The number of carbonyl (C=O) groups excluding carboxylic acids is 2. The number of nitrogen functional groups attached to an aromatic ring is 1. The van der Waals surface area contributed by atoms with Crippen molar-refractivity contribution < 1.29 is 29.4 Å². The van der Waals surface area contributed by atoms with E-state index >= 15 is 0 Å². The third-order valence-corrected chi connectivity index (χ3v) is 9.32. The van der Waals surface area contributed by atoms with Crippen molar-refractivity contribution in [3.8, 4) is 0 Å². The van der Waals surface area contributed by atoms with Crippen LogP contribution in [-0.4, -0.2) is 101 Å². The maximum absolute atomic E-state index is 11.9. The molecule has 3 fully saturated rings. The van der Waals surface area contributed by atoms with Gasteiger partial charge in [0, 0.05) is 68.4 Å². The van der Waals surface area contributed by atoms with Crippen LogP contribution in [0.15, 0.2) is 48.5 Å². The number of nitrogens with two attached hydrogens (primary N) is 1. The molecule has 0 aliphatic carbocycles. The molecule has 3 unspecified atom stereocenters. The van der Waals surface area contributed by atoms with Gasteiger partial charge in [0.05, 0.1) is 12.1 Å². The molecular formula is C35H51N7O6. The number of hydrogen-bond acceptors (Lipinski definition) is 8. The van der Waals surface area contributed by atoms with E-state index in [1.54, 1.807) is 4.90 Å². The molecule has 4 amide bonds. The highest BCUT2D eigenvalue weighted by Gasteiger charge is 2.39. The standard InChI is InChI=1S/C20H28N4O4.C15H23N3O2/c1-20(2,3)16-12-23(10-11-24(16)19(27)28)14-6-4-13(5-7-14)21-15-8-9-17(25)22-18(15)26;1-15(2,3)13-10-17(8-9-18(13)14(19)20)12-6-4-11(16)5-7-12/h4-7,15-16,21H,8-12H2,1-3H3,(H,27,28)(H,22,25,26);4-7,13H,8-10,16H2,1-3H3,(H,19,20). The van der Waals surface area contributed by atoms with Crippen molar-refractivity contribution >= 4 is 46.8 Å². The Morgan fingerprint density at radius 1 is 0.750 bits per heavy atom. The predicted octanol–water partition coefficient (Wildman–Crippen LogP) is 4.60. The minimum atomic E-state index is -0.872. The van der Waals surface area contributed by atoms with E-state index in [-0.39, 0.29) is 34.7 Å². The fraction of sp³-hybridized carbons (Fsp3) is 0.543. The minimum Gasteiger partial charge on any atom is -0.465 e. The second-order valence-electron chi connectivity index (χ2n) is 14.9. The van der Waals surface area contributed by atoms with Gasteiger partial charge in [-0.2, -0.15) is 0 Å². The molecule has 262 valence electrons. The summed E-state index contributed by atoms with van der Waals surface area (Å²) in [5.74, 6) is -0.523. The smallest absolute Gasteiger partial charge is 0.407 e.